The molecule has 4 aromatic carbocycles. The summed E-state index contributed by atoms with van der Waals surface area (Å²) in [6.45, 7) is 8.37. The average Bonchev–Trinajstić information content (AvgIpc) is 3.63. The molecule has 0 spiro atoms. The van der Waals surface area contributed by atoms with Crippen LogP contribution in [-0.4, -0.2) is 103 Å². The molecule has 0 saturated carbocycles. The molecule has 2 unspecified atom stereocenters. The van der Waals surface area contributed by atoms with E-state index in [0.717, 1.165) is 40.0 Å². The van der Waals surface area contributed by atoms with Crippen LogP contribution in [-0.2, 0) is 39.9 Å². The number of rotatable bonds is 21. The van der Waals surface area contributed by atoms with Gasteiger partial charge in [0.25, 0.3) is 17.7 Å². The predicted octanol–water partition coefficient (Wildman–Crippen LogP) is 7.13. The van der Waals surface area contributed by atoms with Gasteiger partial charge in [0.15, 0.2) is 18.1 Å². The highest BCUT2D eigenvalue weighted by Crippen LogP contribution is 2.38. The highest BCUT2D eigenvalue weighted by Gasteiger charge is 2.46. The number of ether oxygens (including phenoxy) is 4. The van der Waals surface area contributed by atoms with E-state index in [0.29, 0.717) is 67.9 Å². The van der Waals surface area contributed by atoms with Crippen molar-refractivity contribution in [3.8, 4) is 17.2 Å². The van der Waals surface area contributed by atoms with Crippen molar-refractivity contribution in [3.05, 3.63) is 117 Å². The molecule has 2 saturated heterocycles. The number of likely N-dealkylation sites (tertiary alicyclic amines) is 1. The van der Waals surface area contributed by atoms with Crippen LogP contribution in [0.2, 0.25) is 0 Å². The van der Waals surface area contributed by atoms with Crippen LogP contribution in [0.5, 0.6) is 17.2 Å². The Kier molecular flexibility index (Phi) is 17.7. The van der Waals surface area contributed by atoms with Crippen LogP contribution in [0, 0.1) is 20.8 Å². The molecule has 73 heavy (non-hydrogen) atoms. The molecule has 3 aliphatic heterocycles. The summed E-state index contributed by atoms with van der Waals surface area (Å²) in [4.78, 5) is 108. The molecule has 3 heterocycles. The number of hydrogen-bond donors (Lipinski definition) is 3. The third kappa shape index (κ3) is 12.6. The number of amides is 7. The molecule has 4 aromatic rings. The van der Waals surface area contributed by atoms with E-state index in [1.54, 1.807) is 37.3 Å². The van der Waals surface area contributed by atoms with E-state index in [1.807, 2.05) is 32.0 Å². The van der Waals surface area contributed by atoms with Gasteiger partial charge >= 0.3 is 5.97 Å². The molecule has 0 aliphatic carbocycles. The fraction of sp³-hybridized carbons (Fsp3) is 0.429. The van der Waals surface area contributed by atoms with Crippen LogP contribution in [0.1, 0.15) is 137 Å². The number of aryl methyl sites for hydroxylation is 4. The molecule has 7 rings (SSSR count). The Labute approximate surface area is 425 Å². The zero-order valence-electron chi connectivity index (χ0n) is 42.4. The van der Waals surface area contributed by atoms with Gasteiger partial charge in [0.1, 0.15) is 23.9 Å². The van der Waals surface area contributed by atoms with E-state index in [1.165, 1.54) is 23.8 Å². The first-order chi connectivity index (χ1) is 35.1. The lowest BCUT2D eigenvalue weighted by atomic mass is 9.91. The van der Waals surface area contributed by atoms with Crippen molar-refractivity contribution in [2.45, 2.75) is 122 Å². The van der Waals surface area contributed by atoms with Gasteiger partial charge in [-0.15, -0.1) is 0 Å². The van der Waals surface area contributed by atoms with Crippen molar-refractivity contribution in [1.82, 2.24) is 20.4 Å². The number of piperidine rings is 2. The van der Waals surface area contributed by atoms with Crippen molar-refractivity contribution in [2.75, 3.05) is 39.2 Å². The van der Waals surface area contributed by atoms with E-state index in [-0.39, 0.29) is 61.0 Å². The minimum absolute atomic E-state index is 0.0116. The number of esters is 1. The molecule has 3 aliphatic rings. The minimum Gasteiger partial charge on any atom is -0.493 e. The molecule has 3 N–H and O–H groups in total. The summed E-state index contributed by atoms with van der Waals surface area (Å²) in [7, 11) is 3.14. The smallest absolute Gasteiger partial charge is 0.329 e. The number of methoxy groups -OCH3 is 2. The van der Waals surface area contributed by atoms with Crippen molar-refractivity contribution < 1.29 is 57.3 Å². The molecule has 2 fully saturated rings. The van der Waals surface area contributed by atoms with Gasteiger partial charge in [0, 0.05) is 25.9 Å². The van der Waals surface area contributed by atoms with Gasteiger partial charge in [0.2, 0.25) is 23.6 Å². The van der Waals surface area contributed by atoms with E-state index in [2.05, 4.69) is 48.0 Å². The summed E-state index contributed by atoms with van der Waals surface area (Å²) in [5.41, 5.74) is 5.91. The largest absolute Gasteiger partial charge is 0.493 e. The van der Waals surface area contributed by atoms with Crippen LogP contribution >= 0.6 is 0 Å². The predicted molar refractivity (Wildman–Crippen MR) is 270 cm³/mol. The molecular weight excluding hydrogens is 935 g/mol. The lowest BCUT2D eigenvalue weighted by Crippen LogP contribution is -2.54. The van der Waals surface area contributed by atoms with E-state index >= 15 is 0 Å². The standard InChI is InChI=1S/C56H65N5O12/c1-7-40(38-29-35(4)51(71-6)46(31-38)70-5)53(66)60-27-11-9-18-44(60)56(69)73-45(24-22-36-21-20-33(2)34(3)28-36)37-14-12-15-39(30-37)72-32-49(64)57-26-10-8-19-47(62)58-42-17-13-16-41-50(42)55(68)61(54(41)67)43-23-25-48(63)59-52(43)65/h12-17,20-21,28-31,40,43-45H,7-11,18-19,22-27,32H2,1-6H3,(H,57,64)(H,58,62)(H,59,63,65)/t40-,43?,44-,45?/m0/s1. The third-order valence-corrected chi connectivity index (χ3v) is 13.9. The summed E-state index contributed by atoms with van der Waals surface area (Å²) in [6, 6.07) is 19.8. The highest BCUT2D eigenvalue weighted by atomic mass is 16.5. The van der Waals surface area contributed by atoms with Gasteiger partial charge < -0.3 is 34.5 Å². The van der Waals surface area contributed by atoms with Crippen molar-refractivity contribution in [1.29, 1.82) is 0 Å². The number of imide groups is 2. The Bertz CT molecular complexity index is 2770. The maximum absolute atomic E-state index is 14.5. The minimum atomic E-state index is -1.13. The summed E-state index contributed by atoms with van der Waals surface area (Å²) in [5.74, 6) is -2.99. The summed E-state index contributed by atoms with van der Waals surface area (Å²) in [5, 5.41) is 7.68. The zero-order valence-corrected chi connectivity index (χ0v) is 42.4. The van der Waals surface area contributed by atoms with Gasteiger partial charge in [-0.25, -0.2) is 4.79 Å². The van der Waals surface area contributed by atoms with Crippen LogP contribution in [0.4, 0.5) is 5.69 Å². The van der Waals surface area contributed by atoms with Crippen molar-refractivity contribution in [3.63, 3.8) is 0 Å². The zero-order chi connectivity index (χ0) is 52.3. The summed E-state index contributed by atoms with van der Waals surface area (Å²) >= 11 is 0. The Balaban J connectivity index is 0.938. The maximum atomic E-state index is 14.5. The molecular formula is C56H65N5O12. The Morgan fingerprint density at radius 2 is 1.60 bits per heavy atom. The van der Waals surface area contributed by atoms with Crippen LogP contribution in [0.25, 0.3) is 0 Å². The lowest BCUT2D eigenvalue weighted by molar-refractivity contribution is -0.162. The highest BCUT2D eigenvalue weighted by molar-refractivity contribution is 6.26. The van der Waals surface area contributed by atoms with Gasteiger partial charge in [-0.3, -0.25) is 43.8 Å². The van der Waals surface area contributed by atoms with E-state index < -0.39 is 59.6 Å². The van der Waals surface area contributed by atoms with Gasteiger partial charge in [-0.1, -0.05) is 49.4 Å². The molecule has 0 aromatic heterocycles. The number of carbonyl (C=O) groups excluding carboxylic acids is 8. The number of benzene rings is 4. The van der Waals surface area contributed by atoms with Crippen molar-refractivity contribution >= 4 is 53.0 Å². The number of nitrogens with one attached hydrogen (secondary N) is 3. The van der Waals surface area contributed by atoms with Crippen LogP contribution in [0.3, 0.4) is 0 Å². The Morgan fingerprint density at radius 1 is 0.808 bits per heavy atom. The van der Waals surface area contributed by atoms with Gasteiger partial charge in [-0.05, 0) is 142 Å². The topological polar surface area (TPSA) is 216 Å². The second kappa shape index (κ2) is 24.2. The molecule has 0 radical (unpaired) electrons. The second-order valence-corrected chi connectivity index (χ2v) is 18.9. The Hall–Kier alpha value is -7.56. The van der Waals surface area contributed by atoms with E-state index in [4.69, 9.17) is 18.9 Å². The average molecular weight is 1000 g/mol. The van der Waals surface area contributed by atoms with Crippen LogP contribution < -0.4 is 30.2 Å². The fourth-order valence-corrected chi connectivity index (χ4v) is 9.82. The number of nitrogens with zero attached hydrogens (tertiary/aromatic N) is 2. The Morgan fingerprint density at radius 3 is 2.34 bits per heavy atom. The number of carbonyl (C=O) groups is 8. The first-order valence-corrected chi connectivity index (χ1v) is 25.1. The first kappa shape index (κ1) is 53.2. The number of hydrogen-bond acceptors (Lipinski definition) is 12. The van der Waals surface area contributed by atoms with Gasteiger partial charge in [0.05, 0.1) is 37.0 Å². The van der Waals surface area contributed by atoms with Gasteiger partial charge in [-0.2, -0.15) is 0 Å². The summed E-state index contributed by atoms with van der Waals surface area (Å²) < 4.78 is 23.5. The van der Waals surface area contributed by atoms with Crippen molar-refractivity contribution in [2.24, 2.45) is 0 Å². The lowest BCUT2D eigenvalue weighted by Gasteiger charge is -2.37. The van der Waals surface area contributed by atoms with Crippen LogP contribution in [0.15, 0.2) is 72.8 Å². The summed E-state index contributed by atoms with van der Waals surface area (Å²) in [6.07, 6.45) is 3.78. The molecule has 17 heteroatoms. The number of unbranched alkanes of at least 4 members (excludes halogenated alkanes) is 1. The molecule has 4 atom stereocenters. The van der Waals surface area contributed by atoms with E-state index in [9.17, 15) is 38.4 Å². The number of fused-ring (bicyclic) bond motifs is 1. The second-order valence-electron chi connectivity index (χ2n) is 18.9. The SMILES string of the molecule is CC[C@H](C(=O)N1CCCC[C@H]1C(=O)OC(CCc1ccc(C)c(C)c1)c1cccc(OCC(=O)NCCCCC(=O)Nc2cccc3c2C(=O)N(C2CCC(=O)NC2=O)C3=O)c1)c1cc(C)c(OC)c(OC)c1. The first-order valence-electron chi connectivity index (χ1n) is 25.1. The number of anilines is 1. The normalized spacial score (nSPS) is 17.3. The monoisotopic (exact) mass is 999 g/mol. The molecule has 7 amide bonds. The maximum Gasteiger partial charge on any atom is 0.329 e. The fourth-order valence-electron chi connectivity index (χ4n) is 9.82. The molecule has 386 valence electrons. The molecule has 17 nitrogen and oxygen atoms in total. The third-order valence-electron chi connectivity index (χ3n) is 13.9. The molecule has 0 bridgehead atoms. The quantitative estimate of drug-likeness (QED) is 0.0432.